The minimum atomic E-state index is -0.339. The van der Waals surface area contributed by atoms with E-state index in [0.717, 1.165) is 28.3 Å². The molecule has 0 fully saturated rings. The molecule has 116 valence electrons. The zero-order valence-electron chi connectivity index (χ0n) is 12.3. The summed E-state index contributed by atoms with van der Waals surface area (Å²) in [7, 11) is 0. The second-order valence-electron chi connectivity index (χ2n) is 6.03. The molecule has 23 heavy (non-hydrogen) atoms. The maximum Gasteiger partial charge on any atom is 0.269 e. The van der Waals surface area contributed by atoms with Crippen molar-refractivity contribution in [3.63, 3.8) is 0 Å². The molecule has 2 aromatic carbocycles. The van der Waals surface area contributed by atoms with E-state index in [4.69, 9.17) is 11.6 Å². The highest BCUT2D eigenvalue weighted by Gasteiger charge is 2.39. The highest BCUT2D eigenvalue weighted by molar-refractivity contribution is 6.31. The predicted octanol–water partition coefficient (Wildman–Crippen LogP) is 5.07. The van der Waals surface area contributed by atoms with Crippen molar-refractivity contribution in [3.8, 4) is 0 Å². The molecule has 0 amide bonds. The number of hydrogen-bond donors (Lipinski definition) is 1. The maximum absolute atomic E-state index is 11.1. The van der Waals surface area contributed by atoms with E-state index < -0.39 is 0 Å². The number of hydrogen-bond acceptors (Lipinski definition) is 3. The first-order chi connectivity index (χ1) is 11.1. The molecule has 3 atom stereocenters. The summed E-state index contributed by atoms with van der Waals surface area (Å²) in [4.78, 5) is 10.7. The average Bonchev–Trinajstić information content (AvgIpc) is 3.04. The van der Waals surface area contributed by atoms with Crippen molar-refractivity contribution in [1.29, 1.82) is 0 Å². The molecule has 0 radical (unpaired) electrons. The largest absolute Gasteiger partial charge is 0.378 e. The monoisotopic (exact) mass is 326 g/mol. The molecule has 1 aliphatic carbocycles. The minimum absolute atomic E-state index is 0.109. The molecule has 0 bridgehead atoms. The first kappa shape index (κ1) is 14.3. The van der Waals surface area contributed by atoms with Gasteiger partial charge >= 0.3 is 0 Å². The van der Waals surface area contributed by atoms with Gasteiger partial charge in [0.05, 0.1) is 11.0 Å². The molecule has 5 heteroatoms. The normalized spacial score (nSPS) is 24.7. The van der Waals surface area contributed by atoms with Crippen molar-refractivity contribution in [3.05, 3.63) is 80.9 Å². The quantitative estimate of drug-likeness (QED) is 0.476. The highest BCUT2D eigenvalue weighted by Crippen LogP contribution is 2.51. The fraction of sp³-hybridized carbons (Fsp3) is 0.222. The fourth-order valence-electron chi connectivity index (χ4n) is 3.73. The zero-order valence-corrected chi connectivity index (χ0v) is 13.0. The van der Waals surface area contributed by atoms with E-state index in [1.165, 1.54) is 0 Å². The van der Waals surface area contributed by atoms with Crippen molar-refractivity contribution >= 4 is 23.0 Å². The van der Waals surface area contributed by atoms with Gasteiger partial charge in [0.2, 0.25) is 0 Å². The Bertz CT molecular complexity index is 818. The summed E-state index contributed by atoms with van der Waals surface area (Å²) >= 11 is 6.39. The fourth-order valence-corrected chi connectivity index (χ4v) is 3.98. The van der Waals surface area contributed by atoms with Gasteiger partial charge in [-0.3, -0.25) is 10.1 Å². The average molecular weight is 327 g/mol. The Morgan fingerprint density at radius 3 is 2.78 bits per heavy atom. The molecular weight excluding hydrogens is 312 g/mol. The van der Waals surface area contributed by atoms with Crippen LogP contribution in [0.5, 0.6) is 0 Å². The minimum Gasteiger partial charge on any atom is -0.378 e. The Balaban J connectivity index is 1.81. The number of fused-ring (bicyclic) bond motifs is 3. The number of nitro groups is 1. The molecule has 0 saturated heterocycles. The number of nitrogens with zero attached hydrogens (tertiary/aromatic N) is 1. The Morgan fingerprint density at radius 2 is 2.00 bits per heavy atom. The molecule has 0 unspecified atom stereocenters. The smallest absolute Gasteiger partial charge is 0.269 e. The number of benzene rings is 2. The lowest BCUT2D eigenvalue weighted by Crippen LogP contribution is -2.29. The third-order valence-corrected chi connectivity index (χ3v) is 5.14. The van der Waals surface area contributed by atoms with Crippen LogP contribution in [0.1, 0.15) is 29.5 Å². The molecule has 4 nitrogen and oxygen atoms in total. The second kappa shape index (κ2) is 5.39. The van der Waals surface area contributed by atoms with Gasteiger partial charge in [0.1, 0.15) is 0 Å². The molecule has 0 aromatic heterocycles. The number of halogens is 1. The lowest BCUT2D eigenvalue weighted by Gasteiger charge is -2.37. The van der Waals surface area contributed by atoms with Crippen molar-refractivity contribution < 1.29 is 4.92 Å². The number of non-ortho nitro benzene ring substituents is 1. The van der Waals surface area contributed by atoms with E-state index in [1.807, 2.05) is 24.3 Å². The van der Waals surface area contributed by atoms with Gasteiger partial charge in [-0.15, -0.1) is 0 Å². The molecule has 0 spiro atoms. The molecule has 2 aliphatic rings. The van der Waals surface area contributed by atoms with Crippen LogP contribution in [0.3, 0.4) is 0 Å². The number of nitro benzene ring substituents is 1. The molecule has 1 heterocycles. The van der Waals surface area contributed by atoms with Crippen molar-refractivity contribution in [1.82, 2.24) is 0 Å². The van der Waals surface area contributed by atoms with Crippen LogP contribution in [0.25, 0.3) is 0 Å². The van der Waals surface area contributed by atoms with E-state index in [1.54, 1.807) is 18.2 Å². The molecule has 2 aromatic rings. The molecule has 1 aliphatic heterocycles. The van der Waals surface area contributed by atoms with Crippen LogP contribution in [-0.4, -0.2) is 4.92 Å². The lowest BCUT2D eigenvalue weighted by molar-refractivity contribution is -0.384. The third kappa shape index (κ3) is 2.30. The number of nitrogens with one attached hydrogen (secondary N) is 1. The Labute approximate surface area is 138 Å². The Hall–Kier alpha value is -2.33. The maximum atomic E-state index is 11.1. The van der Waals surface area contributed by atoms with Gasteiger partial charge in [0.15, 0.2) is 0 Å². The van der Waals surface area contributed by atoms with E-state index in [9.17, 15) is 10.1 Å². The SMILES string of the molecule is O=[N+]([O-])c1ccc2c(c1)[C@@H]1C=CC[C@@H]1[C@H](c1ccccc1Cl)N2. The van der Waals surface area contributed by atoms with Crippen molar-refractivity contribution in [2.75, 3.05) is 5.32 Å². The lowest BCUT2D eigenvalue weighted by atomic mass is 9.77. The molecule has 4 rings (SSSR count). The Kier molecular flexibility index (Phi) is 3.34. The second-order valence-corrected chi connectivity index (χ2v) is 6.43. The first-order valence-corrected chi connectivity index (χ1v) is 7.99. The highest BCUT2D eigenvalue weighted by atomic mass is 35.5. The van der Waals surface area contributed by atoms with Crippen LogP contribution in [0.2, 0.25) is 5.02 Å². The van der Waals surface area contributed by atoms with Crippen LogP contribution >= 0.6 is 11.6 Å². The summed E-state index contributed by atoms with van der Waals surface area (Å²) in [5.41, 5.74) is 3.17. The summed E-state index contributed by atoms with van der Waals surface area (Å²) in [6.45, 7) is 0. The first-order valence-electron chi connectivity index (χ1n) is 7.61. The van der Waals surface area contributed by atoms with Gasteiger partial charge in [-0.1, -0.05) is 42.0 Å². The van der Waals surface area contributed by atoms with Gasteiger partial charge in [-0.2, -0.15) is 0 Å². The van der Waals surface area contributed by atoms with E-state index in [-0.39, 0.29) is 22.6 Å². The number of anilines is 1. The predicted molar refractivity (Wildman–Crippen MR) is 90.9 cm³/mol. The van der Waals surface area contributed by atoms with Crippen molar-refractivity contribution in [2.24, 2.45) is 5.92 Å². The van der Waals surface area contributed by atoms with Crippen LogP contribution < -0.4 is 5.32 Å². The summed E-state index contributed by atoms with van der Waals surface area (Å²) in [6.07, 6.45) is 5.27. The third-order valence-electron chi connectivity index (χ3n) is 4.80. The summed E-state index contributed by atoms with van der Waals surface area (Å²) < 4.78 is 0. The summed E-state index contributed by atoms with van der Waals surface area (Å²) in [5, 5.41) is 15.4. The van der Waals surface area contributed by atoms with E-state index in [0.29, 0.717) is 5.92 Å². The molecular formula is C18H15ClN2O2. The van der Waals surface area contributed by atoms with Crippen LogP contribution in [0.15, 0.2) is 54.6 Å². The van der Waals surface area contributed by atoms with Crippen LogP contribution in [-0.2, 0) is 0 Å². The van der Waals surface area contributed by atoms with Crippen LogP contribution in [0, 0.1) is 16.0 Å². The molecule has 1 N–H and O–H groups in total. The van der Waals surface area contributed by atoms with Gasteiger partial charge < -0.3 is 5.32 Å². The summed E-state index contributed by atoms with van der Waals surface area (Å²) in [6, 6.07) is 13.0. The van der Waals surface area contributed by atoms with Crippen LogP contribution in [0.4, 0.5) is 11.4 Å². The summed E-state index contributed by atoms with van der Waals surface area (Å²) in [5.74, 6) is 0.511. The Morgan fingerprint density at radius 1 is 1.17 bits per heavy atom. The molecule has 0 saturated carbocycles. The van der Waals surface area contributed by atoms with Gasteiger partial charge in [-0.05, 0) is 35.6 Å². The number of allylic oxidation sites excluding steroid dienone is 2. The van der Waals surface area contributed by atoms with E-state index in [2.05, 4.69) is 17.5 Å². The van der Waals surface area contributed by atoms with E-state index >= 15 is 0 Å². The van der Waals surface area contributed by atoms with Crippen molar-refractivity contribution in [2.45, 2.75) is 18.4 Å². The van der Waals surface area contributed by atoms with Gasteiger partial charge in [-0.25, -0.2) is 0 Å². The van der Waals surface area contributed by atoms with Gasteiger partial charge in [0.25, 0.3) is 5.69 Å². The topological polar surface area (TPSA) is 55.2 Å². The number of rotatable bonds is 2. The standard InChI is InChI=1S/C18H15ClN2O2/c19-16-7-2-1-4-14(16)18-13-6-3-5-12(13)15-10-11(21(22)23)8-9-17(15)20-18/h1-5,7-10,12-13,18,20H,6H2/t12-,13+,18-/m1/s1. The zero-order chi connectivity index (χ0) is 16.0. The van der Waals surface area contributed by atoms with Gasteiger partial charge in [0, 0.05) is 28.8 Å².